The number of fused-ring (bicyclic) bond motifs is 1. The summed E-state index contributed by atoms with van der Waals surface area (Å²) in [5.74, 6) is 1.64. The van der Waals surface area contributed by atoms with Crippen LogP contribution in [0.2, 0.25) is 0 Å². The van der Waals surface area contributed by atoms with E-state index in [0.717, 1.165) is 29.6 Å². The zero-order chi connectivity index (χ0) is 12.6. The van der Waals surface area contributed by atoms with Gasteiger partial charge in [0, 0.05) is 0 Å². The normalized spacial score (nSPS) is 23.4. The highest BCUT2D eigenvalue weighted by atomic mass is 32.2. The number of anilines is 1. The second-order valence-electron chi connectivity index (χ2n) is 4.74. The van der Waals surface area contributed by atoms with Gasteiger partial charge in [0.1, 0.15) is 0 Å². The largest absolute Gasteiger partial charge is 0.324 e. The molecule has 0 saturated carbocycles. The summed E-state index contributed by atoms with van der Waals surface area (Å²) >= 11 is 1.73. The molecule has 2 heterocycles. The summed E-state index contributed by atoms with van der Waals surface area (Å²) in [4.78, 5) is 19.7. The first-order valence-corrected chi connectivity index (χ1v) is 7.06. The Bertz CT molecular complexity index is 554. The Labute approximate surface area is 110 Å². The minimum absolute atomic E-state index is 0.0454. The fourth-order valence-electron chi connectivity index (χ4n) is 2.21. The summed E-state index contributed by atoms with van der Waals surface area (Å²) in [7, 11) is 0. The lowest BCUT2D eigenvalue weighted by Crippen LogP contribution is -2.35. The lowest BCUT2D eigenvalue weighted by Gasteiger charge is -2.20. The highest BCUT2D eigenvalue weighted by Crippen LogP contribution is 2.38. The van der Waals surface area contributed by atoms with Gasteiger partial charge in [-0.15, -0.1) is 11.8 Å². The molecule has 5 heteroatoms. The molecule has 2 N–H and O–H groups in total. The molecule has 1 fully saturated rings. The van der Waals surface area contributed by atoms with Crippen molar-refractivity contribution in [1.82, 2.24) is 9.97 Å². The van der Waals surface area contributed by atoms with Crippen LogP contribution in [0.4, 0.5) is 5.95 Å². The van der Waals surface area contributed by atoms with Crippen molar-refractivity contribution in [2.75, 3.05) is 11.1 Å². The number of imidazole rings is 1. The van der Waals surface area contributed by atoms with Gasteiger partial charge in [0.05, 0.1) is 15.8 Å². The maximum absolute atomic E-state index is 12.2. The van der Waals surface area contributed by atoms with E-state index >= 15 is 0 Å². The number of hydrogen-bond acceptors (Lipinski definition) is 3. The second kappa shape index (κ2) is 4.31. The number of H-pyrrole nitrogens is 1. The van der Waals surface area contributed by atoms with Crippen LogP contribution < -0.4 is 5.32 Å². The molecule has 1 atom stereocenters. The van der Waals surface area contributed by atoms with E-state index in [1.54, 1.807) is 11.8 Å². The summed E-state index contributed by atoms with van der Waals surface area (Å²) in [6, 6.07) is 7.75. The third-order valence-electron chi connectivity index (χ3n) is 3.32. The van der Waals surface area contributed by atoms with E-state index in [1.807, 2.05) is 31.2 Å². The molecule has 1 saturated heterocycles. The molecule has 1 amide bonds. The molecule has 1 unspecified atom stereocenters. The van der Waals surface area contributed by atoms with Crippen LogP contribution in [-0.2, 0) is 4.79 Å². The molecule has 0 bridgehead atoms. The molecular formula is C13H15N3OS. The van der Waals surface area contributed by atoms with Gasteiger partial charge >= 0.3 is 0 Å². The Kier molecular flexibility index (Phi) is 2.78. The molecule has 1 aliphatic rings. The molecule has 94 valence electrons. The highest BCUT2D eigenvalue weighted by molar-refractivity contribution is 8.01. The third-order valence-corrected chi connectivity index (χ3v) is 4.84. The number of nitrogens with one attached hydrogen (secondary N) is 2. The van der Waals surface area contributed by atoms with Crippen molar-refractivity contribution < 1.29 is 4.79 Å². The Hall–Kier alpha value is -1.49. The number of rotatable bonds is 2. The van der Waals surface area contributed by atoms with Crippen molar-refractivity contribution in [2.24, 2.45) is 0 Å². The van der Waals surface area contributed by atoms with E-state index in [4.69, 9.17) is 0 Å². The quantitative estimate of drug-likeness (QED) is 0.874. The SMILES string of the molecule is CC1(C(=O)Nc2nc3ccccc3[nH]2)CCCS1. The Morgan fingerprint density at radius 2 is 2.33 bits per heavy atom. The maximum atomic E-state index is 12.2. The van der Waals surface area contributed by atoms with Crippen LogP contribution in [0, 0.1) is 0 Å². The minimum atomic E-state index is -0.307. The zero-order valence-corrected chi connectivity index (χ0v) is 11.0. The summed E-state index contributed by atoms with van der Waals surface area (Å²) in [6.45, 7) is 2.00. The minimum Gasteiger partial charge on any atom is -0.324 e. The van der Waals surface area contributed by atoms with Gasteiger partial charge in [-0.3, -0.25) is 10.1 Å². The summed E-state index contributed by atoms with van der Waals surface area (Å²) < 4.78 is -0.307. The third kappa shape index (κ3) is 1.99. The number of aromatic amines is 1. The fraction of sp³-hybridized carbons (Fsp3) is 0.385. The van der Waals surface area contributed by atoms with E-state index < -0.39 is 0 Å². The molecular weight excluding hydrogens is 246 g/mol. The Morgan fingerprint density at radius 1 is 1.50 bits per heavy atom. The van der Waals surface area contributed by atoms with Crippen LogP contribution in [0.15, 0.2) is 24.3 Å². The number of thioether (sulfide) groups is 1. The van der Waals surface area contributed by atoms with E-state index in [1.165, 1.54) is 0 Å². The average Bonchev–Trinajstić information content (AvgIpc) is 2.95. The standard InChI is InChI=1S/C13H15N3OS/c1-13(7-4-8-18-13)11(17)16-12-14-9-5-2-3-6-10(9)15-12/h2-3,5-6H,4,7-8H2,1H3,(H2,14,15,16,17). The Morgan fingerprint density at radius 3 is 3.06 bits per heavy atom. The van der Waals surface area contributed by atoms with Crippen LogP contribution in [0.25, 0.3) is 11.0 Å². The van der Waals surface area contributed by atoms with Crippen LogP contribution >= 0.6 is 11.8 Å². The molecule has 1 aliphatic heterocycles. The van der Waals surface area contributed by atoms with Gasteiger partial charge in [-0.1, -0.05) is 12.1 Å². The fourth-order valence-corrected chi connectivity index (χ4v) is 3.42. The number of hydrogen-bond donors (Lipinski definition) is 2. The smallest absolute Gasteiger partial charge is 0.242 e. The van der Waals surface area contributed by atoms with Crippen LogP contribution in [0.1, 0.15) is 19.8 Å². The monoisotopic (exact) mass is 261 g/mol. The van der Waals surface area contributed by atoms with Crippen molar-refractivity contribution in [2.45, 2.75) is 24.5 Å². The molecule has 18 heavy (non-hydrogen) atoms. The van der Waals surface area contributed by atoms with E-state index in [-0.39, 0.29) is 10.7 Å². The topological polar surface area (TPSA) is 57.8 Å². The lowest BCUT2D eigenvalue weighted by molar-refractivity contribution is -0.118. The molecule has 3 rings (SSSR count). The number of amides is 1. The van der Waals surface area contributed by atoms with E-state index in [0.29, 0.717) is 5.95 Å². The van der Waals surface area contributed by atoms with Gasteiger partial charge in [0.25, 0.3) is 0 Å². The molecule has 4 nitrogen and oxygen atoms in total. The number of carbonyl (C=O) groups excluding carboxylic acids is 1. The van der Waals surface area contributed by atoms with Crippen molar-refractivity contribution in [3.8, 4) is 0 Å². The number of nitrogens with zero attached hydrogens (tertiary/aromatic N) is 1. The van der Waals surface area contributed by atoms with Crippen LogP contribution in [0.5, 0.6) is 0 Å². The first-order valence-electron chi connectivity index (χ1n) is 6.08. The zero-order valence-electron chi connectivity index (χ0n) is 10.2. The van der Waals surface area contributed by atoms with Gasteiger partial charge in [-0.25, -0.2) is 4.98 Å². The van der Waals surface area contributed by atoms with Gasteiger partial charge in [0.2, 0.25) is 11.9 Å². The van der Waals surface area contributed by atoms with Crippen molar-refractivity contribution in [1.29, 1.82) is 0 Å². The number of para-hydroxylation sites is 2. The van der Waals surface area contributed by atoms with Crippen molar-refractivity contribution >= 4 is 34.7 Å². The van der Waals surface area contributed by atoms with E-state index in [9.17, 15) is 4.79 Å². The van der Waals surface area contributed by atoms with Crippen LogP contribution in [-0.4, -0.2) is 26.4 Å². The molecule has 1 aromatic heterocycles. The molecule has 0 radical (unpaired) electrons. The van der Waals surface area contributed by atoms with Crippen molar-refractivity contribution in [3.63, 3.8) is 0 Å². The van der Waals surface area contributed by atoms with Gasteiger partial charge in [-0.05, 0) is 37.7 Å². The average molecular weight is 261 g/mol. The number of aromatic nitrogens is 2. The van der Waals surface area contributed by atoms with Gasteiger partial charge in [-0.2, -0.15) is 0 Å². The summed E-state index contributed by atoms with van der Waals surface area (Å²) in [6.07, 6.45) is 2.04. The molecule has 2 aromatic rings. The first kappa shape index (κ1) is 11.6. The second-order valence-corrected chi connectivity index (χ2v) is 6.34. The predicted octanol–water partition coefficient (Wildman–Crippen LogP) is 2.79. The van der Waals surface area contributed by atoms with Gasteiger partial charge in [0.15, 0.2) is 0 Å². The lowest BCUT2D eigenvalue weighted by atomic mass is 10.1. The van der Waals surface area contributed by atoms with Crippen LogP contribution in [0.3, 0.4) is 0 Å². The Balaban J connectivity index is 1.81. The van der Waals surface area contributed by atoms with E-state index in [2.05, 4.69) is 15.3 Å². The molecule has 0 aliphatic carbocycles. The molecule has 1 aromatic carbocycles. The first-order chi connectivity index (χ1) is 8.67. The van der Waals surface area contributed by atoms with Crippen molar-refractivity contribution in [3.05, 3.63) is 24.3 Å². The highest BCUT2D eigenvalue weighted by Gasteiger charge is 2.37. The number of benzene rings is 1. The summed E-state index contributed by atoms with van der Waals surface area (Å²) in [5, 5.41) is 2.89. The number of carbonyl (C=O) groups is 1. The molecule has 0 spiro atoms. The summed E-state index contributed by atoms with van der Waals surface area (Å²) in [5.41, 5.74) is 1.81. The maximum Gasteiger partial charge on any atom is 0.242 e. The predicted molar refractivity (Wildman–Crippen MR) is 74.8 cm³/mol. The van der Waals surface area contributed by atoms with Gasteiger partial charge < -0.3 is 4.98 Å².